The second-order valence-corrected chi connectivity index (χ2v) is 8.51. The molecule has 1 unspecified atom stereocenters. The van der Waals surface area contributed by atoms with Crippen molar-refractivity contribution in [2.45, 2.75) is 51.9 Å². The molecule has 1 aliphatic heterocycles. The first kappa shape index (κ1) is 23.1. The number of Topliss-reactive ketones (excluding diaryl/α,β-unsaturated/α-hetero) is 1. The molecule has 3 rings (SSSR count). The highest BCUT2D eigenvalue weighted by atomic mass is 16.5. The molecule has 0 radical (unpaired) electrons. The van der Waals surface area contributed by atoms with E-state index in [1.54, 1.807) is 18.1 Å². The molecule has 7 heteroatoms. The first-order valence-electron chi connectivity index (χ1n) is 11.5. The smallest absolute Gasteiger partial charge is 0.291 e. The Labute approximate surface area is 185 Å². The Hall–Kier alpha value is -2.57. The van der Waals surface area contributed by atoms with Crippen LogP contribution in [0.2, 0.25) is 0 Å². The number of anilines is 1. The summed E-state index contributed by atoms with van der Waals surface area (Å²) in [7, 11) is 1.60. The summed E-state index contributed by atoms with van der Waals surface area (Å²) < 4.78 is 5.25. The zero-order valence-corrected chi connectivity index (χ0v) is 19.0. The zero-order chi connectivity index (χ0) is 22.4. The SMILES string of the molecule is CCN(CC)C(=O)CN(CC1CCCCC1)C(=O)C(=O)C1CNc2cc(OC)ccc21. The van der Waals surface area contributed by atoms with Gasteiger partial charge in [-0.2, -0.15) is 0 Å². The van der Waals surface area contributed by atoms with Gasteiger partial charge in [0.05, 0.1) is 13.0 Å². The second-order valence-electron chi connectivity index (χ2n) is 8.51. The lowest BCUT2D eigenvalue weighted by molar-refractivity contribution is -0.148. The Kier molecular flexibility index (Phi) is 7.93. The number of hydrogen-bond donors (Lipinski definition) is 1. The summed E-state index contributed by atoms with van der Waals surface area (Å²) in [6.45, 7) is 5.87. The molecular formula is C24H35N3O4. The maximum Gasteiger partial charge on any atom is 0.291 e. The molecule has 2 aliphatic rings. The van der Waals surface area contributed by atoms with E-state index in [0.717, 1.165) is 36.9 Å². The van der Waals surface area contributed by atoms with Gasteiger partial charge in [-0.15, -0.1) is 0 Å². The maximum atomic E-state index is 13.3. The van der Waals surface area contributed by atoms with E-state index in [1.165, 1.54) is 11.3 Å². The average molecular weight is 430 g/mol. The highest BCUT2D eigenvalue weighted by molar-refractivity contribution is 6.38. The van der Waals surface area contributed by atoms with Crippen LogP contribution in [0.4, 0.5) is 5.69 Å². The van der Waals surface area contributed by atoms with Crippen molar-refractivity contribution in [2.75, 3.05) is 45.2 Å². The van der Waals surface area contributed by atoms with Crippen LogP contribution in [0.15, 0.2) is 18.2 Å². The van der Waals surface area contributed by atoms with Gasteiger partial charge in [0.1, 0.15) is 12.3 Å². The van der Waals surface area contributed by atoms with E-state index in [0.29, 0.717) is 37.8 Å². The number of likely N-dealkylation sites (N-methyl/N-ethyl adjacent to an activating group) is 1. The molecule has 170 valence electrons. The van der Waals surface area contributed by atoms with Crippen molar-refractivity contribution in [3.63, 3.8) is 0 Å². The standard InChI is InChI=1S/C24H35N3O4/c1-4-26(5-2)22(28)16-27(15-17-9-7-6-8-10-17)24(30)23(29)20-14-25-21-13-18(31-3)11-12-19(20)21/h11-13,17,20,25H,4-10,14-16H2,1-3H3. The summed E-state index contributed by atoms with van der Waals surface area (Å²) >= 11 is 0. The third-order valence-corrected chi connectivity index (χ3v) is 6.59. The van der Waals surface area contributed by atoms with Crippen LogP contribution in [-0.4, -0.2) is 67.2 Å². The van der Waals surface area contributed by atoms with Gasteiger partial charge in [-0.3, -0.25) is 14.4 Å². The van der Waals surface area contributed by atoms with E-state index < -0.39 is 17.6 Å². The molecule has 0 bridgehead atoms. The molecule has 1 N–H and O–H groups in total. The minimum absolute atomic E-state index is 0.0294. The van der Waals surface area contributed by atoms with E-state index in [1.807, 2.05) is 26.0 Å². The van der Waals surface area contributed by atoms with Crippen molar-refractivity contribution in [3.05, 3.63) is 23.8 Å². The lowest BCUT2D eigenvalue weighted by Gasteiger charge is -2.31. The molecule has 1 aliphatic carbocycles. The highest BCUT2D eigenvalue weighted by Gasteiger charge is 2.36. The van der Waals surface area contributed by atoms with Gasteiger partial charge in [0.15, 0.2) is 0 Å². The second kappa shape index (κ2) is 10.6. The molecule has 2 amide bonds. The quantitative estimate of drug-likeness (QED) is 0.611. The third kappa shape index (κ3) is 5.38. The Bertz CT molecular complexity index is 800. The Balaban J connectivity index is 1.77. The number of amides is 2. The molecule has 0 spiro atoms. The lowest BCUT2D eigenvalue weighted by Crippen LogP contribution is -2.48. The van der Waals surface area contributed by atoms with Gasteiger partial charge < -0.3 is 19.9 Å². The lowest BCUT2D eigenvalue weighted by atomic mass is 9.88. The number of benzene rings is 1. The fourth-order valence-electron chi connectivity index (χ4n) is 4.72. The van der Waals surface area contributed by atoms with E-state index in [4.69, 9.17) is 4.74 Å². The van der Waals surface area contributed by atoms with Crippen molar-refractivity contribution < 1.29 is 19.1 Å². The molecule has 1 aromatic rings. The predicted octanol–water partition coefficient (Wildman–Crippen LogP) is 3.05. The van der Waals surface area contributed by atoms with Crippen molar-refractivity contribution in [2.24, 2.45) is 5.92 Å². The number of carbonyl (C=O) groups is 3. The Morgan fingerprint density at radius 2 is 1.77 bits per heavy atom. The summed E-state index contributed by atoms with van der Waals surface area (Å²) in [5.74, 6) is -0.564. The van der Waals surface area contributed by atoms with Gasteiger partial charge >= 0.3 is 0 Å². The minimum Gasteiger partial charge on any atom is -0.497 e. The topological polar surface area (TPSA) is 79.0 Å². The third-order valence-electron chi connectivity index (χ3n) is 6.59. The van der Waals surface area contributed by atoms with Gasteiger partial charge in [-0.25, -0.2) is 0 Å². The van der Waals surface area contributed by atoms with Crippen LogP contribution in [0.3, 0.4) is 0 Å². The van der Waals surface area contributed by atoms with Gasteiger partial charge in [0.25, 0.3) is 5.91 Å². The Morgan fingerprint density at radius 3 is 2.42 bits per heavy atom. The van der Waals surface area contributed by atoms with Gasteiger partial charge in [-0.1, -0.05) is 25.3 Å². The maximum absolute atomic E-state index is 13.3. The summed E-state index contributed by atoms with van der Waals surface area (Å²) in [6.07, 6.45) is 5.60. The van der Waals surface area contributed by atoms with Crippen LogP contribution in [-0.2, 0) is 14.4 Å². The molecular weight excluding hydrogens is 394 g/mol. The fourth-order valence-corrected chi connectivity index (χ4v) is 4.72. The number of methoxy groups -OCH3 is 1. The van der Waals surface area contributed by atoms with Crippen molar-refractivity contribution in [1.29, 1.82) is 0 Å². The van der Waals surface area contributed by atoms with Crippen LogP contribution in [0.5, 0.6) is 5.75 Å². The van der Waals surface area contributed by atoms with Gasteiger partial charge in [0, 0.05) is 37.9 Å². The number of nitrogens with one attached hydrogen (secondary N) is 1. The zero-order valence-electron chi connectivity index (χ0n) is 19.0. The molecule has 0 saturated heterocycles. The van der Waals surface area contributed by atoms with Crippen molar-refractivity contribution in [1.82, 2.24) is 9.80 Å². The van der Waals surface area contributed by atoms with Crippen LogP contribution >= 0.6 is 0 Å². The predicted molar refractivity (Wildman–Crippen MR) is 120 cm³/mol. The highest BCUT2D eigenvalue weighted by Crippen LogP contribution is 2.35. The van der Waals surface area contributed by atoms with E-state index in [-0.39, 0.29) is 12.5 Å². The minimum atomic E-state index is -0.540. The Morgan fingerprint density at radius 1 is 1.06 bits per heavy atom. The average Bonchev–Trinajstić information content (AvgIpc) is 3.22. The molecule has 0 aromatic heterocycles. The summed E-state index contributed by atoms with van der Waals surface area (Å²) in [6, 6.07) is 5.49. The normalized spacial score (nSPS) is 18.1. The van der Waals surface area contributed by atoms with Crippen LogP contribution < -0.4 is 10.1 Å². The molecule has 31 heavy (non-hydrogen) atoms. The number of nitrogens with zero attached hydrogens (tertiary/aromatic N) is 2. The number of rotatable bonds is 9. The number of hydrogen-bond acceptors (Lipinski definition) is 5. The van der Waals surface area contributed by atoms with E-state index >= 15 is 0 Å². The van der Waals surface area contributed by atoms with Crippen LogP contribution in [0.1, 0.15) is 57.4 Å². The van der Waals surface area contributed by atoms with E-state index in [9.17, 15) is 14.4 Å². The van der Waals surface area contributed by atoms with Crippen molar-refractivity contribution in [3.8, 4) is 5.75 Å². The van der Waals surface area contributed by atoms with Gasteiger partial charge in [-0.05, 0) is 44.2 Å². The van der Waals surface area contributed by atoms with Crippen LogP contribution in [0, 0.1) is 5.92 Å². The van der Waals surface area contributed by atoms with Crippen LogP contribution in [0.25, 0.3) is 0 Å². The largest absolute Gasteiger partial charge is 0.497 e. The number of fused-ring (bicyclic) bond motifs is 1. The molecule has 7 nitrogen and oxygen atoms in total. The van der Waals surface area contributed by atoms with E-state index in [2.05, 4.69) is 5.32 Å². The summed E-state index contributed by atoms with van der Waals surface area (Å²) in [5, 5.41) is 3.21. The summed E-state index contributed by atoms with van der Waals surface area (Å²) in [4.78, 5) is 42.6. The molecule has 1 fully saturated rings. The van der Waals surface area contributed by atoms with Crippen molar-refractivity contribution >= 4 is 23.3 Å². The molecule has 1 heterocycles. The monoisotopic (exact) mass is 429 g/mol. The molecule has 1 atom stereocenters. The first-order chi connectivity index (χ1) is 15.0. The summed E-state index contributed by atoms with van der Waals surface area (Å²) in [5.41, 5.74) is 1.63. The molecule has 1 aromatic carbocycles. The molecule has 1 saturated carbocycles. The fraction of sp³-hybridized carbons (Fsp3) is 0.625. The number of ether oxygens (including phenoxy) is 1. The number of carbonyl (C=O) groups excluding carboxylic acids is 3. The number of ketones is 1. The van der Waals surface area contributed by atoms with Gasteiger partial charge in [0.2, 0.25) is 11.7 Å². The first-order valence-corrected chi connectivity index (χ1v) is 11.5.